The van der Waals surface area contributed by atoms with Crippen molar-refractivity contribution in [2.45, 2.75) is 26.7 Å². The number of fused-ring (bicyclic) bond motifs is 1. The predicted octanol–water partition coefficient (Wildman–Crippen LogP) is 4.69. The van der Waals surface area contributed by atoms with Gasteiger partial charge in [-0.05, 0) is 12.0 Å². The van der Waals surface area contributed by atoms with Crippen LogP contribution in [-0.2, 0) is 0 Å². The van der Waals surface area contributed by atoms with Gasteiger partial charge in [-0.2, -0.15) is 0 Å². The van der Waals surface area contributed by atoms with Crippen molar-refractivity contribution in [3.8, 4) is 0 Å². The molecule has 0 aliphatic heterocycles. The van der Waals surface area contributed by atoms with Crippen LogP contribution >= 0.6 is 11.3 Å². The first-order valence-corrected chi connectivity index (χ1v) is 8.57. The molecule has 118 valence electrons. The van der Waals surface area contributed by atoms with E-state index in [4.69, 9.17) is 0 Å². The van der Waals surface area contributed by atoms with Gasteiger partial charge in [0.2, 0.25) is 0 Å². The highest BCUT2D eigenvalue weighted by Gasteiger charge is 2.12. The van der Waals surface area contributed by atoms with Gasteiger partial charge in [0, 0.05) is 24.0 Å². The minimum Gasteiger partial charge on any atom is -0.313 e. The van der Waals surface area contributed by atoms with E-state index in [2.05, 4.69) is 52.3 Å². The number of hydrogen-bond donors (Lipinski definition) is 1. The Morgan fingerprint density at radius 1 is 1.22 bits per heavy atom. The Bertz CT molecular complexity index is 830. The van der Waals surface area contributed by atoms with Gasteiger partial charge in [-0.25, -0.2) is 15.0 Å². The Labute approximate surface area is 139 Å². The summed E-state index contributed by atoms with van der Waals surface area (Å²) < 4.78 is 2.05. The molecule has 5 nitrogen and oxygen atoms in total. The van der Waals surface area contributed by atoms with Crippen molar-refractivity contribution in [2.75, 3.05) is 5.32 Å². The highest BCUT2D eigenvalue weighted by molar-refractivity contribution is 7.13. The quantitative estimate of drug-likeness (QED) is 0.759. The summed E-state index contributed by atoms with van der Waals surface area (Å²) in [7, 11) is 0. The van der Waals surface area contributed by atoms with Crippen LogP contribution in [-0.4, -0.2) is 19.4 Å². The molecule has 1 N–H and O–H groups in total. The fraction of sp³-hybridized carbons (Fsp3) is 0.235. The average molecular weight is 325 g/mol. The van der Waals surface area contributed by atoms with Crippen molar-refractivity contribution in [1.82, 2.24) is 19.4 Å². The Hall–Kier alpha value is -2.47. The van der Waals surface area contributed by atoms with Gasteiger partial charge in [-0.3, -0.25) is 4.40 Å². The molecule has 0 fully saturated rings. The molecule has 0 amide bonds. The summed E-state index contributed by atoms with van der Waals surface area (Å²) in [6.45, 7) is 4.25. The normalized spacial score (nSPS) is 12.9. The van der Waals surface area contributed by atoms with Crippen molar-refractivity contribution in [3.63, 3.8) is 0 Å². The molecule has 6 heteroatoms. The van der Waals surface area contributed by atoms with Gasteiger partial charge < -0.3 is 5.32 Å². The summed E-state index contributed by atoms with van der Waals surface area (Å²) in [6.07, 6.45) is 16.0. The lowest BCUT2D eigenvalue weighted by Crippen LogP contribution is -1.98. The minimum atomic E-state index is 0.719. The van der Waals surface area contributed by atoms with Crippen LogP contribution < -0.4 is 5.32 Å². The Morgan fingerprint density at radius 2 is 2.09 bits per heavy atom. The van der Waals surface area contributed by atoms with Gasteiger partial charge in [0.05, 0.1) is 11.9 Å². The molecular weight excluding hydrogens is 306 g/mol. The second-order valence-electron chi connectivity index (χ2n) is 5.08. The molecule has 0 saturated carbocycles. The van der Waals surface area contributed by atoms with Crippen LogP contribution in [0.1, 0.15) is 32.4 Å². The first-order chi connectivity index (χ1) is 11.3. The van der Waals surface area contributed by atoms with E-state index in [1.807, 2.05) is 22.2 Å². The molecule has 4 rings (SSSR count). The number of allylic oxidation sites excluding steroid dienone is 4. The molecular formula is C17H19N5S. The fourth-order valence-electron chi connectivity index (χ4n) is 2.26. The molecule has 3 heterocycles. The Morgan fingerprint density at radius 3 is 2.78 bits per heavy atom. The van der Waals surface area contributed by atoms with Gasteiger partial charge in [0.25, 0.3) is 0 Å². The molecule has 3 aromatic heterocycles. The minimum absolute atomic E-state index is 0.719. The first-order valence-electron chi connectivity index (χ1n) is 7.69. The Kier molecular flexibility index (Phi) is 4.83. The summed E-state index contributed by atoms with van der Waals surface area (Å²) in [5.41, 5.74) is 3.08. The van der Waals surface area contributed by atoms with Crippen molar-refractivity contribution < 1.29 is 0 Å². The van der Waals surface area contributed by atoms with Gasteiger partial charge in [-0.1, -0.05) is 38.5 Å². The summed E-state index contributed by atoms with van der Waals surface area (Å²) in [4.78, 5) is 13.1. The van der Waals surface area contributed by atoms with Crippen LogP contribution in [0.15, 0.2) is 48.4 Å². The number of hydrogen-bond acceptors (Lipinski definition) is 5. The molecule has 0 aromatic carbocycles. The van der Waals surface area contributed by atoms with Crippen LogP contribution in [0.5, 0.6) is 0 Å². The van der Waals surface area contributed by atoms with Crippen LogP contribution in [0.2, 0.25) is 0 Å². The number of rotatable bonds is 3. The SMILES string of the molecule is C1=CC(c2cnc3c(Nc4nccs4)nccn23)=CC1.CCC. The lowest BCUT2D eigenvalue weighted by molar-refractivity contribution is 1.09. The van der Waals surface area contributed by atoms with Gasteiger partial charge in [0.1, 0.15) is 0 Å². The van der Waals surface area contributed by atoms with Gasteiger partial charge >= 0.3 is 0 Å². The molecule has 1 aliphatic rings. The predicted molar refractivity (Wildman–Crippen MR) is 96.1 cm³/mol. The fourth-order valence-corrected chi connectivity index (χ4v) is 2.78. The standard InChI is InChI=1S/C14H11N5S.C3H8/c1-2-4-10(3-1)11-9-17-13-12(15-5-7-19(11)13)18-14-16-6-8-20-14;1-3-2/h1,3-9H,2H2,(H,15,16,18);3H2,1-2H3. The van der Waals surface area contributed by atoms with Crippen LogP contribution in [0.3, 0.4) is 0 Å². The van der Waals surface area contributed by atoms with E-state index in [1.54, 1.807) is 12.4 Å². The van der Waals surface area contributed by atoms with Gasteiger partial charge in [0.15, 0.2) is 16.6 Å². The van der Waals surface area contributed by atoms with Gasteiger partial charge in [-0.15, -0.1) is 11.3 Å². The van der Waals surface area contributed by atoms with Crippen molar-refractivity contribution in [2.24, 2.45) is 0 Å². The smallest absolute Gasteiger partial charge is 0.188 e. The number of thiazole rings is 1. The molecule has 23 heavy (non-hydrogen) atoms. The third-order valence-corrected chi connectivity index (χ3v) is 3.84. The van der Waals surface area contributed by atoms with Crippen LogP contribution in [0, 0.1) is 0 Å². The molecule has 0 saturated heterocycles. The van der Waals surface area contributed by atoms with Crippen molar-refractivity contribution in [3.05, 3.63) is 54.1 Å². The highest BCUT2D eigenvalue weighted by Crippen LogP contribution is 2.26. The number of nitrogens with zero attached hydrogens (tertiary/aromatic N) is 4. The second-order valence-corrected chi connectivity index (χ2v) is 5.97. The van der Waals surface area contributed by atoms with Crippen molar-refractivity contribution in [1.29, 1.82) is 0 Å². The van der Waals surface area contributed by atoms with E-state index in [0.717, 1.165) is 28.7 Å². The topological polar surface area (TPSA) is 55.1 Å². The summed E-state index contributed by atoms with van der Waals surface area (Å²) in [5.74, 6) is 0.719. The largest absolute Gasteiger partial charge is 0.313 e. The lowest BCUT2D eigenvalue weighted by Gasteiger charge is -2.05. The third kappa shape index (κ3) is 3.32. The number of nitrogens with one attached hydrogen (secondary N) is 1. The zero-order valence-electron chi connectivity index (χ0n) is 13.2. The zero-order valence-corrected chi connectivity index (χ0v) is 14.0. The monoisotopic (exact) mass is 325 g/mol. The summed E-state index contributed by atoms with van der Waals surface area (Å²) in [5, 5.41) is 5.95. The van der Waals surface area contributed by atoms with E-state index in [-0.39, 0.29) is 0 Å². The molecule has 1 aliphatic carbocycles. The maximum atomic E-state index is 4.48. The molecule has 0 spiro atoms. The first kappa shape index (κ1) is 15.4. The van der Waals surface area contributed by atoms with Crippen molar-refractivity contribution >= 4 is 33.5 Å². The highest BCUT2D eigenvalue weighted by atomic mass is 32.1. The van der Waals surface area contributed by atoms with E-state index in [9.17, 15) is 0 Å². The van der Waals surface area contributed by atoms with Crippen LogP contribution in [0.4, 0.5) is 10.9 Å². The average Bonchev–Trinajstić information content (AvgIpc) is 3.29. The molecule has 3 aromatic rings. The zero-order chi connectivity index (χ0) is 16.1. The number of imidazole rings is 1. The van der Waals surface area contributed by atoms with Crippen LogP contribution in [0.25, 0.3) is 11.2 Å². The summed E-state index contributed by atoms with van der Waals surface area (Å²) in [6, 6.07) is 0. The molecule has 0 radical (unpaired) electrons. The van der Waals surface area contributed by atoms with E-state index < -0.39 is 0 Å². The van der Waals surface area contributed by atoms with E-state index in [1.165, 1.54) is 23.3 Å². The number of anilines is 2. The Balaban J connectivity index is 0.000000485. The molecule has 0 unspecified atom stereocenters. The van der Waals surface area contributed by atoms with E-state index >= 15 is 0 Å². The molecule has 0 bridgehead atoms. The second kappa shape index (κ2) is 7.19. The lowest BCUT2D eigenvalue weighted by atomic mass is 10.2. The third-order valence-electron chi connectivity index (χ3n) is 3.15. The number of aromatic nitrogens is 4. The summed E-state index contributed by atoms with van der Waals surface area (Å²) >= 11 is 1.54. The van der Waals surface area contributed by atoms with E-state index in [0.29, 0.717) is 0 Å². The molecule has 0 atom stereocenters. The maximum absolute atomic E-state index is 4.48. The maximum Gasteiger partial charge on any atom is 0.188 e.